The molecule has 0 aliphatic carbocycles. The molecule has 8 heteroatoms. The lowest BCUT2D eigenvalue weighted by atomic mass is 10.1. The standard InChI is InChI=1S/C19H17F2N5S/c1-12-7-8-15(13(2)9-12)25-11-22-24-19(25)27-10-17-23-14-5-3-4-6-16(14)26(17)18(20)21/h3-9,11,18H,10H2,1-2H3. The first-order chi connectivity index (χ1) is 13.0. The minimum absolute atomic E-state index is 0.266. The van der Waals surface area contributed by atoms with Crippen molar-refractivity contribution in [3.8, 4) is 5.69 Å². The van der Waals surface area contributed by atoms with Crippen molar-refractivity contribution in [3.05, 3.63) is 65.7 Å². The van der Waals surface area contributed by atoms with Gasteiger partial charge in [-0.15, -0.1) is 10.2 Å². The summed E-state index contributed by atoms with van der Waals surface area (Å²) in [7, 11) is 0. The Morgan fingerprint density at radius 1 is 1.11 bits per heavy atom. The number of halogens is 2. The van der Waals surface area contributed by atoms with Gasteiger partial charge in [-0.1, -0.05) is 41.6 Å². The zero-order chi connectivity index (χ0) is 19.0. The van der Waals surface area contributed by atoms with E-state index in [4.69, 9.17) is 0 Å². The van der Waals surface area contributed by atoms with E-state index in [2.05, 4.69) is 21.2 Å². The molecule has 0 bridgehead atoms. The van der Waals surface area contributed by atoms with Gasteiger partial charge in [0.2, 0.25) is 0 Å². The number of hydrogen-bond acceptors (Lipinski definition) is 4. The molecule has 0 N–H and O–H groups in total. The molecule has 0 unspecified atom stereocenters. The van der Waals surface area contributed by atoms with Crippen molar-refractivity contribution in [1.82, 2.24) is 24.3 Å². The Kier molecular flexibility index (Phi) is 4.65. The molecule has 0 fully saturated rings. The van der Waals surface area contributed by atoms with Crippen LogP contribution in [0.3, 0.4) is 0 Å². The first-order valence-corrected chi connectivity index (χ1v) is 9.37. The topological polar surface area (TPSA) is 48.5 Å². The molecular formula is C19H17F2N5S. The lowest BCUT2D eigenvalue weighted by Gasteiger charge is -2.11. The quantitative estimate of drug-likeness (QED) is 0.458. The lowest BCUT2D eigenvalue weighted by molar-refractivity contribution is 0.0722. The van der Waals surface area contributed by atoms with Crippen molar-refractivity contribution < 1.29 is 8.78 Å². The summed E-state index contributed by atoms with van der Waals surface area (Å²) in [6.45, 7) is 1.41. The van der Waals surface area contributed by atoms with Crippen LogP contribution < -0.4 is 0 Å². The maximum absolute atomic E-state index is 13.6. The Bertz CT molecular complexity index is 1100. The van der Waals surface area contributed by atoms with Crippen molar-refractivity contribution >= 4 is 22.8 Å². The summed E-state index contributed by atoms with van der Waals surface area (Å²) < 4.78 is 30.0. The van der Waals surface area contributed by atoms with Gasteiger partial charge in [0.05, 0.1) is 22.5 Å². The summed E-state index contributed by atoms with van der Waals surface area (Å²) in [4.78, 5) is 4.37. The summed E-state index contributed by atoms with van der Waals surface area (Å²) in [6, 6.07) is 13.0. The van der Waals surface area contributed by atoms with Gasteiger partial charge in [0, 0.05) is 0 Å². The van der Waals surface area contributed by atoms with Crippen LogP contribution in [0.5, 0.6) is 0 Å². The van der Waals surface area contributed by atoms with Gasteiger partial charge < -0.3 is 0 Å². The highest BCUT2D eigenvalue weighted by molar-refractivity contribution is 7.98. The van der Waals surface area contributed by atoms with Gasteiger partial charge in [-0.3, -0.25) is 9.13 Å². The van der Waals surface area contributed by atoms with E-state index in [9.17, 15) is 8.78 Å². The minimum atomic E-state index is -2.65. The Hall–Kier alpha value is -2.74. The van der Waals surface area contributed by atoms with Crippen molar-refractivity contribution in [3.63, 3.8) is 0 Å². The largest absolute Gasteiger partial charge is 0.320 e. The molecule has 0 saturated heterocycles. The van der Waals surface area contributed by atoms with Crippen molar-refractivity contribution in [2.75, 3.05) is 0 Å². The third-order valence-electron chi connectivity index (χ3n) is 4.32. The highest BCUT2D eigenvalue weighted by Gasteiger charge is 2.19. The number of thioether (sulfide) groups is 1. The average Bonchev–Trinajstić information content (AvgIpc) is 3.23. The number of alkyl halides is 2. The van der Waals surface area contributed by atoms with Crippen LogP contribution in [0.15, 0.2) is 53.9 Å². The summed E-state index contributed by atoms with van der Waals surface area (Å²) in [5.74, 6) is 0.578. The maximum atomic E-state index is 13.6. The van der Waals surface area contributed by atoms with E-state index in [0.717, 1.165) is 15.8 Å². The van der Waals surface area contributed by atoms with Crippen LogP contribution in [-0.4, -0.2) is 24.3 Å². The van der Waals surface area contributed by atoms with Crippen LogP contribution in [0.25, 0.3) is 16.7 Å². The highest BCUT2D eigenvalue weighted by Crippen LogP contribution is 2.29. The predicted octanol–water partition coefficient (Wildman–Crippen LogP) is 4.92. The van der Waals surface area contributed by atoms with Crippen molar-refractivity contribution in [1.29, 1.82) is 0 Å². The molecule has 4 rings (SSSR count). The number of nitrogens with zero attached hydrogens (tertiary/aromatic N) is 5. The Balaban J connectivity index is 1.65. The number of aryl methyl sites for hydroxylation is 2. The summed E-state index contributed by atoms with van der Waals surface area (Å²) in [5.41, 5.74) is 4.22. The van der Waals surface area contributed by atoms with Crippen LogP contribution in [0.4, 0.5) is 8.78 Å². The number of benzene rings is 2. The predicted molar refractivity (Wildman–Crippen MR) is 101 cm³/mol. The normalized spacial score (nSPS) is 11.6. The SMILES string of the molecule is Cc1ccc(-n2cnnc2SCc2nc3ccccc3n2C(F)F)c(C)c1. The van der Waals surface area contributed by atoms with E-state index in [1.54, 1.807) is 30.6 Å². The molecule has 4 aromatic rings. The molecule has 0 atom stereocenters. The van der Waals surface area contributed by atoms with Gasteiger partial charge >= 0.3 is 6.55 Å². The second-order valence-corrected chi connectivity index (χ2v) is 7.17. The van der Waals surface area contributed by atoms with Gasteiger partial charge in [-0.2, -0.15) is 8.78 Å². The van der Waals surface area contributed by atoms with Crippen molar-refractivity contribution in [2.24, 2.45) is 0 Å². The fourth-order valence-corrected chi connectivity index (χ4v) is 3.96. The fraction of sp³-hybridized carbons (Fsp3) is 0.211. The molecule has 0 saturated carbocycles. The number of aromatic nitrogens is 5. The molecular weight excluding hydrogens is 368 g/mol. The van der Waals surface area contributed by atoms with Crippen LogP contribution in [0.2, 0.25) is 0 Å². The van der Waals surface area contributed by atoms with Crippen molar-refractivity contribution in [2.45, 2.75) is 31.3 Å². The third-order valence-corrected chi connectivity index (χ3v) is 5.26. The molecule has 0 radical (unpaired) electrons. The molecule has 2 heterocycles. The molecule has 27 heavy (non-hydrogen) atoms. The number of rotatable bonds is 5. The van der Waals surface area contributed by atoms with Crippen LogP contribution >= 0.6 is 11.8 Å². The first-order valence-electron chi connectivity index (χ1n) is 8.39. The Labute approximate surface area is 159 Å². The van der Waals surface area contributed by atoms with Crippen LogP contribution in [0, 0.1) is 13.8 Å². The van der Waals surface area contributed by atoms with Gasteiger partial charge in [0.15, 0.2) is 5.16 Å². The van der Waals surface area contributed by atoms with E-state index < -0.39 is 6.55 Å². The number of para-hydroxylation sites is 2. The van der Waals surface area contributed by atoms with Gasteiger partial charge in [0.1, 0.15) is 12.2 Å². The summed E-state index contributed by atoms with van der Waals surface area (Å²) >= 11 is 1.33. The minimum Gasteiger partial charge on any atom is -0.276 e. The van der Waals surface area contributed by atoms with E-state index in [1.807, 2.05) is 30.5 Å². The molecule has 2 aromatic carbocycles. The smallest absolute Gasteiger partial charge is 0.276 e. The monoisotopic (exact) mass is 385 g/mol. The molecule has 138 valence electrons. The molecule has 0 aliphatic heterocycles. The molecule has 0 aliphatic rings. The van der Waals surface area contributed by atoms with E-state index >= 15 is 0 Å². The maximum Gasteiger partial charge on any atom is 0.320 e. The Morgan fingerprint density at radius 3 is 2.70 bits per heavy atom. The zero-order valence-corrected chi connectivity index (χ0v) is 15.6. The fourth-order valence-electron chi connectivity index (χ4n) is 3.11. The average molecular weight is 385 g/mol. The van der Waals surface area contributed by atoms with Gasteiger partial charge in [-0.25, -0.2) is 4.98 Å². The van der Waals surface area contributed by atoms with Crippen LogP contribution in [-0.2, 0) is 5.75 Å². The van der Waals surface area contributed by atoms with Gasteiger partial charge in [-0.05, 0) is 37.6 Å². The Morgan fingerprint density at radius 2 is 1.93 bits per heavy atom. The second-order valence-electron chi connectivity index (χ2n) is 6.23. The zero-order valence-electron chi connectivity index (χ0n) is 14.8. The van der Waals surface area contributed by atoms with Crippen LogP contribution in [0.1, 0.15) is 23.5 Å². The summed E-state index contributed by atoms with van der Waals surface area (Å²) in [6.07, 6.45) is 1.64. The van der Waals surface area contributed by atoms with Gasteiger partial charge in [0.25, 0.3) is 0 Å². The number of hydrogen-bond donors (Lipinski definition) is 0. The van der Waals surface area contributed by atoms with E-state index in [1.165, 1.54) is 17.3 Å². The lowest BCUT2D eigenvalue weighted by Crippen LogP contribution is -2.04. The highest BCUT2D eigenvalue weighted by atomic mass is 32.2. The van der Waals surface area contributed by atoms with E-state index in [0.29, 0.717) is 22.0 Å². The molecule has 5 nitrogen and oxygen atoms in total. The third kappa shape index (κ3) is 3.32. The molecule has 2 aromatic heterocycles. The first kappa shape index (κ1) is 17.7. The number of fused-ring (bicyclic) bond motifs is 1. The second kappa shape index (κ2) is 7.11. The molecule has 0 spiro atoms. The number of imidazole rings is 1. The van der Waals surface area contributed by atoms with E-state index in [-0.39, 0.29) is 5.75 Å². The summed E-state index contributed by atoms with van der Waals surface area (Å²) in [5, 5.41) is 8.78. The molecule has 0 amide bonds.